The Morgan fingerprint density at radius 1 is 1.08 bits per heavy atom. The molecule has 3 fully saturated rings. The molecular weight excluding hydrogens is 328 g/mol. The number of hydrogen-bond donors (Lipinski definition) is 0. The van der Waals surface area contributed by atoms with Crippen LogP contribution in [0, 0.1) is 5.41 Å². The molecule has 3 rings (SSSR count). The monoisotopic (exact) mass is 358 g/mol. The lowest BCUT2D eigenvalue weighted by Crippen LogP contribution is -2.46. The van der Waals surface area contributed by atoms with Crippen LogP contribution in [0.2, 0.25) is 0 Å². The van der Waals surface area contributed by atoms with Crippen molar-refractivity contribution >= 4 is 5.97 Å². The Balaban J connectivity index is 1.79. The van der Waals surface area contributed by atoms with E-state index >= 15 is 0 Å². The fraction of sp³-hybridized carbons (Fsp3) is 0.944. The minimum absolute atomic E-state index is 0.292. The highest BCUT2D eigenvalue weighted by Crippen LogP contribution is 2.42. The summed E-state index contributed by atoms with van der Waals surface area (Å²) >= 11 is 0. The molecule has 5 atom stereocenters. The average Bonchev–Trinajstić information content (AvgIpc) is 3.09. The molecule has 0 saturated carbocycles. The first-order valence-corrected chi connectivity index (χ1v) is 8.96. The molecule has 3 aliphatic rings. The van der Waals surface area contributed by atoms with Gasteiger partial charge in [-0.1, -0.05) is 6.92 Å². The van der Waals surface area contributed by atoms with Gasteiger partial charge in [0.05, 0.1) is 17.6 Å². The van der Waals surface area contributed by atoms with E-state index in [1.54, 1.807) is 0 Å². The predicted octanol–water partition coefficient (Wildman–Crippen LogP) is 2.36. The molecule has 0 aliphatic carbocycles. The number of carbonyl (C=O) groups is 1. The number of ether oxygens (including phenoxy) is 6. The van der Waals surface area contributed by atoms with Crippen LogP contribution in [-0.2, 0) is 33.2 Å². The smallest absolute Gasteiger partial charge is 0.311 e. The highest BCUT2D eigenvalue weighted by atomic mass is 16.9. The maximum atomic E-state index is 12.6. The van der Waals surface area contributed by atoms with Gasteiger partial charge in [-0.2, -0.15) is 0 Å². The zero-order chi connectivity index (χ0) is 18.6. The van der Waals surface area contributed by atoms with Gasteiger partial charge in [-0.05, 0) is 48.0 Å². The van der Waals surface area contributed by atoms with E-state index in [-0.39, 0.29) is 5.97 Å². The molecule has 0 N–H and O–H groups in total. The summed E-state index contributed by atoms with van der Waals surface area (Å²) in [6.45, 7) is 13.6. The van der Waals surface area contributed by atoms with Gasteiger partial charge in [-0.25, -0.2) is 0 Å². The summed E-state index contributed by atoms with van der Waals surface area (Å²) in [6, 6.07) is 0. The van der Waals surface area contributed by atoms with Crippen molar-refractivity contribution in [1.82, 2.24) is 0 Å². The Labute approximate surface area is 149 Å². The molecule has 3 saturated heterocycles. The first-order valence-electron chi connectivity index (χ1n) is 8.96. The van der Waals surface area contributed by atoms with E-state index in [2.05, 4.69) is 0 Å². The van der Waals surface area contributed by atoms with Gasteiger partial charge in [-0.15, -0.1) is 0 Å². The molecule has 25 heavy (non-hydrogen) atoms. The van der Waals surface area contributed by atoms with Gasteiger partial charge in [0.25, 0.3) is 0 Å². The van der Waals surface area contributed by atoms with E-state index in [9.17, 15) is 4.79 Å². The molecule has 7 nitrogen and oxygen atoms in total. The minimum Gasteiger partial charge on any atom is -0.456 e. The fourth-order valence-electron chi connectivity index (χ4n) is 3.11. The predicted molar refractivity (Wildman–Crippen MR) is 87.6 cm³/mol. The Hall–Kier alpha value is -0.730. The van der Waals surface area contributed by atoms with Crippen LogP contribution in [0.5, 0.6) is 0 Å². The Bertz CT molecular complexity index is 528. The third kappa shape index (κ3) is 3.71. The van der Waals surface area contributed by atoms with E-state index in [1.807, 2.05) is 48.5 Å². The van der Waals surface area contributed by atoms with Crippen molar-refractivity contribution in [3.63, 3.8) is 0 Å². The minimum atomic E-state index is -0.790. The van der Waals surface area contributed by atoms with Gasteiger partial charge in [0, 0.05) is 0 Å². The van der Waals surface area contributed by atoms with Crippen molar-refractivity contribution in [2.24, 2.45) is 5.41 Å². The normalized spacial score (nSPS) is 39.4. The summed E-state index contributed by atoms with van der Waals surface area (Å²) < 4.78 is 35.2. The van der Waals surface area contributed by atoms with Crippen molar-refractivity contribution in [3.05, 3.63) is 0 Å². The lowest BCUT2D eigenvalue weighted by Gasteiger charge is -2.31. The van der Waals surface area contributed by atoms with Gasteiger partial charge in [-0.3, -0.25) is 4.79 Å². The summed E-state index contributed by atoms with van der Waals surface area (Å²) in [5, 5.41) is 0. The first kappa shape index (κ1) is 19.0. The summed E-state index contributed by atoms with van der Waals surface area (Å²) in [4.78, 5) is 12.6. The van der Waals surface area contributed by atoms with Crippen LogP contribution < -0.4 is 0 Å². The van der Waals surface area contributed by atoms with E-state index < -0.39 is 47.7 Å². The van der Waals surface area contributed by atoms with Crippen LogP contribution in [-0.4, -0.2) is 54.9 Å². The molecule has 0 bridgehead atoms. The molecular formula is C18H30O7. The van der Waals surface area contributed by atoms with Crippen molar-refractivity contribution in [1.29, 1.82) is 0 Å². The summed E-state index contributed by atoms with van der Waals surface area (Å²) in [5.41, 5.74) is -1.00. The van der Waals surface area contributed by atoms with Crippen LogP contribution in [0.3, 0.4) is 0 Å². The highest BCUT2D eigenvalue weighted by molar-refractivity contribution is 5.76. The number of rotatable bonds is 4. The average molecular weight is 358 g/mol. The molecule has 5 unspecified atom stereocenters. The number of carbonyl (C=O) groups excluding carboxylic acids is 1. The molecule has 7 heteroatoms. The Morgan fingerprint density at radius 2 is 1.76 bits per heavy atom. The van der Waals surface area contributed by atoms with Crippen LogP contribution in [0.25, 0.3) is 0 Å². The van der Waals surface area contributed by atoms with Crippen molar-refractivity contribution in [2.75, 3.05) is 6.61 Å². The zero-order valence-electron chi connectivity index (χ0n) is 16.2. The third-order valence-electron chi connectivity index (χ3n) is 5.01. The van der Waals surface area contributed by atoms with Crippen molar-refractivity contribution in [3.8, 4) is 0 Å². The van der Waals surface area contributed by atoms with Crippen LogP contribution in [0.1, 0.15) is 54.9 Å². The molecule has 0 amide bonds. The summed E-state index contributed by atoms with van der Waals surface area (Å²) in [5.74, 6) is -1.08. The van der Waals surface area contributed by atoms with Gasteiger partial charge in [0.15, 0.2) is 36.7 Å². The SMILES string of the molecule is CCC(C)(C)C(=O)OC1C(C2OCC(C)(C)O2)OC2OC(C)(C)OC21. The molecule has 144 valence electrons. The molecule has 3 aliphatic heterocycles. The van der Waals surface area contributed by atoms with E-state index in [1.165, 1.54) is 0 Å². The topological polar surface area (TPSA) is 72.5 Å². The second kappa shape index (κ2) is 6.16. The quantitative estimate of drug-likeness (QED) is 0.714. The second-order valence-corrected chi connectivity index (χ2v) is 8.73. The molecule has 0 aromatic heterocycles. The lowest BCUT2D eigenvalue weighted by molar-refractivity contribution is -0.253. The van der Waals surface area contributed by atoms with Gasteiger partial charge in [0.2, 0.25) is 0 Å². The lowest BCUT2D eigenvalue weighted by atomic mass is 9.90. The number of hydrogen-bond acceptors (Lipinski definition) is 7. The summed E-state index contributed by atoms with van der Waals surface area (Å²) in [6.07, 6.45) is -2.32. The fourth-order valence-corrected chi connectivity index (χ4v) is 3.11. The zero-order valence-corrected chi connectivity index (χ0v) is 16.2. The van der Waals surface area contributed by atoms with Crippen molar-refractivity contribution < 1.29 is 33.2 Å². The molecule has 0 spiro atoms. The maximum Gasteiger partial charge on any atom is 0.311 e. The van der Waals surface area contributed by atoms with Gasteiger partial charge >= 0.3 is 5.97 Å². The molecule has 0 aromatic carbocycles. The van der Waals surface area contributed by atoms with E-state index in [4.69, 9.17) is 28.4 Å². The first-order chi connectivity index (χ1) is 11.4. The number of fused-ring (bicyclic) bond motifs is 1. The standard InChI is InChI=1S/C18H30O7/c1-8-16(2,3)15(19)22-10-11(13-20-9-17(4,5)24-13)21-14-12(10)23-18(6,7)25-14/h10-14H,8-9H2,1-7H3. The third-order valence-corrected chi connectivity index (χ3v) is 5.01. The summed E-state index contributed by atoms with van der Waals surface area (Å²) in [7, 11) is 0. The highest BCUT2D eigenvalue weighted by Gasteiger charge is 2.60. The largest absolute Gasteiger partial charge is 0.456 e. The Morgan fingerprint density at radius 3 is 2.32 bits per heavy atom. The van der Waals surface area contributed by atoms with Crippen molar-refractivity contribution in [2.45, 2.75) is 97.2 Å². The molecule has 0 radical (unpaired) electrons. The maximum absolute atomic E-state index is 12.6. The van der Waals surface area contributed by atoms with Gasteiger partial charge in [0.1, 0.15) is 0 Å². The second-order valence-electron chi connectivity index (χ2n) is 8.73. The Kier molecular flexibility index (Phi) is 4.70. The van der Waals surface area contributed by atoms with E-state index in [0.29, 0.717) is 13.0 Å². The van der Waals surface area contributed by atoms with E-state index in [0.717, 1.165) is 0 Å². The molecule has 0 aromatic rings. The van der Waals surface area contributed by atoms with Gasteiger partial charge < -0.3 is 28.4 Å². The van der Waals surface area contributed by atoms with Crippen LogP contribution in [0.4, 0.5) is 0 Å². The molecule has 3 heterocycles. The van der Waals surface area contributed by atoms with Crippen LogP contribution >= 0.6 is 0 Å². The number of esters is 1. The van der Waals surface area contributed by atoms with Crippen LogP contribution in [0.15, 0.2) is 0 Å².